The van der Waals surface area contributed by atoms with Crippen LogP contribution >= 0.6 is 15.9 Å². The predicted octanol–water partition coefficient (Wildman–Crippen LogP) is 9.01. The molecule has 32 heavy (non-hydrogen) atoms. The van der Waals surface area contributed by atoms with Crippen molar-refractivity contribution in [3.63, 3.8) is 0 Å². The molecule has 1 aromatic heterocycles. The van der Waals surface area contributed by atoms with E-state index in [0.717, 1.165) is 4.47 Å². The Hall–Kier alpha value is -3.62. The van der Waals surface area contributed by atoms with Crippen LogP contribution in [0.15, 0.2) is 114 Å². The summed E-state index contributed by atoms with van der Waals surface area (Å²) in [5.74, 6) is 0. The highest BCUT2D eigenvalue weighted by Crippen LogP contribution is 2.42. The summed E-state index contributed by atoms with van der Waals surface area (Å²) < 4.78 is 3.54. The summed E-state index contributed by atoms with van der Waals surface area (Å²) in [5.41, 5.74) is 3.63. The van der Waals surface area contributed by atoms with Crippen molar-refractivity contribution in [1.29, 1.82) is 0 Å². The van der Waals surface area contributed by atoms with Crippen molar-refractivity contribution >= 4 is 70.1 Å². The van der Waals surface area contributed by atoms with Crippen molar-refractivity contribution in [2.24, 2.45) is 0 Å². The fraction of sp³-hybridized carbons (Fsp3) is 0. The van der Waals surface area contributed by atoms with Crippen LogP contribution in [-0.2, 0) is 0 Å². The van der Waals surface area contributed by atoms with Crippen LogP contribution in [0.2, 0.25) is 0 Å². The lowest BCUT2D eigenvalue weighted by atomic mass is 10.00. The lowest BCUT2D eigenvalue weighted by molar-refractivity contribution is 1.19. The number of halogens is 1. The summed E-state index contributed by atoms with van der Waals surface area (Å²) in [5, 5.41) is 10.2. The van der Waals surface area contributed by atoms with Gasteiger partial charge in [0.25, 0.3) is 0 Å². The fourth-order valence-corrected chi connectivity index (χ4v) is 5.75. The van der Waals surface area contributed by atoms with Crippen molar-refractivity contribution in [3.05, 3.63) is 114 Å². The Morgan fingerprint density at radius 2 is 1.09 bits per heavy atom. The maximum absolute atomic E-state index is 3.86. The molecule has 7 aromatic rings. The van der Waals surface area contributed by atoms with E-state index in [1.165, 1.54) is 59.8 Å². The van der Waals surface area contributed by atoms with Gasteiger partial charge in [-0.05, 0) is 56.6 Å². The Morgan fingerprint density at radius 1 is 0.469 bits per heavy atom. The third-order valence-corrected chi connectivity index (χ3v) is 7.26. The van der Waals surface area contributed by atoms with Gasteiger partial charge in [0.15, 0.2) is 0 Å². The Labute approximate surface area is 193 Å². The topological polar surface area (TPSA) is 4.93 Å². The van der Waals surface area contributed by atoms with Gasteiger partial charge in [-0.25, -0.2) is 0 Å². The van der Waals surface area contributed by atoms with E-state index >= 15 is 0 Å². The number of fused-ring (bicyclic) bond motifs is 8. The van der Waals surface area contributed by atoms with Gasteiger partial charge in [0.05, 0.1) is 11.0 Å². The minimum atomic E-state index is 1.12. The number of hydrogen-bond donors (Lipinski definition) is 0. The van der Waals surface area contributed by atoms with Crippen molar-refractivity contribution < 1.29 is 0 Å². The zero-order valence-corrected chi connectivity index (χ0v) is 18.8. The van der Waals surface area contributed by atoms with Crippen LogP contribution < -0.4 is 0 Å². The molecule has 0 unspecified atom stereocenters. The highest BCUT2D eigenvalue weighted by molar-refractivity contribution is 9.10. The molecule has 1 heterocycles. The number of rotatable bonds is 1. The number of aromatic nitrogens is 1. The second-order valence-electron chi connectivity index (χ2n) is 8.35. The first-order valence-electron chi connectivity index (χ1n) is 10.8. The minimum absolute atomic E-state index is 1.12. The van der Waals surface area contributed by atoms with Crippen LogP contribution in [0.5, 0.6) is 0 Å². The Morgan fingerprint density at radius 3 is 1.94 bits per heavy atom. The molecule has 0 spiro atoms. The zero-order chi connectivity index (χ0) is 21.2. The second-order valence-corrected chi connectivity index (χ2v) is 9.20. The Balaban J connectivity index is 1.75. The van der Waals surface area contributed by atoms with E-state index in [1.807, 2.05) is 0 Å². The largest absolute Gasteiger partial charge is 0.309 e. The first-order valence-corrected chi connectivity index (χ1v) is 11.6. The molecule has 2 heteroatoms. The van der Waals surface area contributed by atoms with E-state index in [9.17, 15) is 0 Å². The average Bonchev–Trinajstić information content (AvgIpc) is 3.18. The van der Waals surface area contributed by atoms with Gasteiger partial charge >= 0.3 is 0 Å². The van der Waals surface area contributed by atoms with Crippen LogP contribution in [0.1, 0.15) is 0 Å². The van der Waals surface area contributed by atoms with Crippen molar-refractivity contribution in [3.8, 4) is 5.69 Å². The molecule has 0 atom stereocenters. The van der Waals surface area contributed by atoms with Gasteiger partial charge in [-0.2, -0.15) is 0 Å². The summed E-state index contributed by atoms with van der Waals surface area (Å²) in [4.78, 5) is 0. The van der Waals surface area contributed by atoms with E-state index in [4.69, 9.17) is 0 Å². The summed E-state index contributed by atoms with van der Waals surface area (Å²) >= 11 is 3.86. The Bertz CT molecular complexity index is 1840. The molecule has 0 aliphatic carbocycles. The molecule has 0 radical (unpaired) electrons. The van der Waals surface area contributed by atoms with Crippen LogP contribution in [0, 0.1) is 0 Å². The lowest BCUT2D eigenvalue weighted by Gasteiger charge is -2.10. The predicted molar refractivity (Wildman–Crippen MR) is 141 cm³/mol. The number of benzene rings is 6. The summed E-state index contributed by atoms with van der Waals surface area (Å²) in [6.07, 6.45) is 0. The summed E-state index contributed by atoms with van der Waals surface area (Å²) in [7, 11) is 0. The van der Waals surface area contributed by atoms with Crippen LogP contribution in [-0.4, -0.2) is 4.57 Å². The zero-order valence-electron chi connectivity index (χ0n) is 17.2. The summed E-state index contributed by atoms with van der Waals surface area (Å²) in [6, 6.07) is 39.5. The molecule has 0 fully saturated rings. The molecule has 0 aliphatic rings. The number of hydrogen-bond acceptors (Lipinski definition) is 0. The molecule has 0 N–H and O–H groups in total. The molecule has 7 rings (SSSR count). The van der Waals surface area contributed by atoms with Gasteiger partial charge in [0.2, 0.25) is 0 Å². The van der Waals surface area contributed by atoms with Crippen molar-refractivity contribution in [2.45, 2.75) is 0 Å². The van der Waals surface area contributed by atoms with Gasteiger partial charge in [-0.1, -0.05) is 101 Å². The van der Waals surface area contributed by atoms with Gasteiger partial charge in [0.1, 0.15) is 0 Å². The standard InChI is InChI=1S/C30H18BrN/c31-26-18-28-30(25-12-6-5-11-24(25)26)29-23-10-4-3-8-20(23)14-16-27(29)32(28)22-15-13-19-7-1-2-9-21(19)17-22/h1-18H. The number of nitrogens with zero attached hydrogens (tertiary/aromatic N) is 1. The van der Waals surface area contributed by atoms with Crippen LogP contribution in [0.3, 0.4) is 0 Å². The first kappa shape index (κ1) is 18.0. The third-order valence-electron chi connectivity index (χ3n) is 6.60. The van der Waals surface area contributed by atoms with Crippen molar-refractivity contribution in [2.75, 3.05) is 0 Å². The maximum atomic E-state index is 3.86. The first-order chi connectivity index (χ1) is 15.8. The molecule has 0 aliphatic heterocycles. The lowest BCUT2D eigenvalue weighted by Crippen LogP contribution is -1.94. The monoisotopic (exact) mass is 471 g/mol. The molecule has 0 saturated heterocycles. The Kier molecular flexibility index (Phi) is 3.76. The molecule has 0 saturated carbocycles. The van der Waals surface area contributed by atoms with Gasteiger partial charge in [0, 0.05) is 20.9 Å². The van der Waals surface area contributed by atoms with Gasteiger partial charge in [-0.3, -0.25) is 0 Å². The average molecular weight is 472 g/mol. The smallest absolute Gasteiger partial charge is 0.0559 e. The van der Waals surface area contributed by atoms with E-state index < -0.39 is 0 Å². The molecule has 150 valence electrons. The van der Waals surface area contributed by atoms with Crippen molar-refractivity contribution in [1.82, 2.24) is 4.57 Å². The van der Waals surface area contributed by atoms with Crippen LogP contribution in [0.25, 0.3) is 59.8 Å². The molecular formula is C30H18BrN. The van der Waals surface area contributed by atoms with E-state index in [0.29, 0.717) is 0 Å². The van der Waals surface area contributed by atoms with E-state index in [2.05, 4.69) is 130 Å². The molecule has 1 nitrogen and oxygen atoms in total. The van der Waals surface area contributed by atoms with Gasteiger partial charge in [-0.15, -0.1) is 0 Å². The normalized spacial score (nSPS) is 11.9. The highest BCUT2D eigenvalue weighted by atomic mass is 79.9. The summed E-state index contributed by atoms with van der Waals surface area (Å²) in [6.45, 7) is 0. The minimum Gasteiger partial charge on any atom is -0.309 e. The quantitative estimate of drug-likeness (QED) is 0.225. The fourth-order valence-electron chi connectivity index (χ4n) is 5.19. The van der Waals surface area contributed by atoms with E-state index in [-0.39, 0.29) is 0 Å². The molecular weight excluding hydrogens is 454 g/mol. The van der Waals surface area contributed by atoms with E-state index in [1.54, 1.807) is 0 Å². The molecule has 0 bridgehead atoms. The van der Waals surface area contributed by atoms with Gasteiger partial charge < -0.3 is 4.57 Å². The second kappa shape index (κ2) is 6.69. The molecule has 6 aromatic carbocycles. The SMILES string of the molecule is Brc1cc2c(c3ccccc13)c1c3ccccc3ccc1n2-c1ccc2ccccc2c1. The molecule has 0 amide bonds. The highest BCUT2D eigenvalue weighted by Gasteiger charge is 2.18. The third kappa shape index (κ3) is 2.44. The van der Waals surface area contributed by atoms with Crippen LogP contribution in [0.4, 0.5) is 0 Å². The maximum Gasteiger partial charge on any atom is 0.0559 e.